The molecule has 0 saturated carbocycles. The van der Waals surface area contributed by atoms with Gasteiger partial charge in [-0.15, -0.1) is 0 Å². The van der Waals surface area contributed by atoms with Gasteiger partial charge in [0.25, 0.3) is 5.91 Å². The monoisotopic (exact) mass is 339 g/mol. The minimum Gasteiger partial charge on any atom is -0.492 e. The number of rotatable bonds is 6. The molecule has 0 fully saturated rings. The Morgan fingerprint density at radius 2 is 1.96 bits per heavy atom. The topological polar surface area (TPSA) is 51.5 Å². The molecule has 1 N–H and O–H groups in total. The molecule has 0 aliphatic carbocycles. The van der Waals surface area contributed by atoms with Crippen molar-refractivity contribution in [3.05, 3.63) is 77.8 Å². The number of hydrogen-bond donors (Lipinski definition) is 1. The smallest absolute Gasteiger partial charge is 0.287 e. The molecular formula is C20H18FNO3. The lowest BCUT2D eigenvalue weighted by Crippen LogP contribution is -2.27. The molecule has 1 aromatic heterocycles. The Balaban J connectivity index is 1.53. The summed E-state index contributed by atoms with van der Waals surface area (Å²) in [6.07, 6.45) is 0. The summed E-state index contributed by atoms with van der Waals surface area (Å²) in [7, 11) is 0. The maximum atomic E-state index is 13.7. The summed E-state index contributed by atoms with van der Waals surface area (Å²) >= 11 is 0. The summed E-state index contributed by atoms with van der Waals surface area (Å²) in [5, 5.41) is 2.71. The van der Waals surface area contributed by atoms with E-state index in [1.807, 2.05) is 31.2 Å². The first kappa shape index (κ1) is 16.8. The summed E-state index contributed by atoms with van der Waals surface area (Å²) in [6.45, 7) is 2.66. The Bertz CT molecular complexity index is 873. The fraction of sp³-hybridized carbons (Fsp3) is 0.150. The van der Waals surface area contributed by atoms with Gasteiger partial charge in [0.1, 0.15) is 23.9 Å². The third-order valence-electron chi connectivity index (χ3n) is 3.61. The van der Waals surface area contributed by atoms with Crippen LogP contribution in [0.4, 0.5) is 4.39 Å². The average Bonchev–Trinajstić information content (AvgIpc) is 3.09. The molecule has 4 nitrogen and oxygen atoms in total. The molecule has 0 aliphatic rings. The molecule has 0 unspecified atom stereocenters. The largest absolute Gasteiger partial charge is 0.492 e. The van der Waals surface area contributed by atoms with Crippen LogP contribution in [-0.2, 0) is 0 Å². The molecule has 1 amide bonds. The summed E-state index contributed by atoms with van der Waals surface area (Å²) in [4.78, 5) is 12.1. The number of halogens is 1. The highest BCUT2D eigenvalue weighted by Gasteiger charge is 2.13. The predicted octanol–water partition coefficient (Wildman–Crippen LogP) is 4.20. The van der Waals surface area contributed by atoms with Crippen LogP contribution >= 0.6 is 0 Å². The van der Waals surface area contributed by atoms with Crippen LogP contribution < -0.4 is 10.1 Å². The maximum absolute atomic E-state index is 13.7. The van der Waals surface area contributed by atoms with Gasteiger partial charge in [-0.05, 0) is 48.9 Å². The second kappa shape index (κ2) is 7.66. The normalized spacial score (nSPS) is 10.5. The van der Waals surface area contributed by atoms with Gasteiger partial charge in [-0.2, -0.15) is 0 Å². The Morgan fingerprint density at radius 1 is 1.12 bits per heavy atom. The Kier molecular flexibility index (Phi) is 5.14. The Hall–Kier alpha value is -3.08. The van der Waals surface area contributed by atoms with E-state index in [-0.39, 0.29) is 11.7 Å². The molecule has 0 aliphatic heterocycles. The van der Waals surface area contributed by atoms with Crippen molar-refractivity contribution in [2.45, 2.75) is 6.92 Å². The van der Waals surface area contributed by atoms with Gasteiger partial charge in [-0.25, -0.2) is 4.39 Å². The van der Waals surface area contributed by atoms with E-state index in [1.54, 1.807) is 24.3 Å². The van der Waals surface area contributed by atoms with E-state index in [0.29, 0.717) is 24.5 Å². The van der Waals surface area contributed by atoms with Crippen molar-refractivity contribution >= 4 is 5.91 Å². The van der Waals surface area contributed by atoms with Crippen LogP contribution in [0.1, 0.15) is 16.1 Å². The molecule has 1 heterocycles. The minimum absolute atomic E-state index is 0.133. The Morgan fingerprint density at radius 3 is 2.76 bits per heavy atom. The maximum Gasteiger partial charge on any atom is 0.287 e. The fourth-order valence-corrected chi connectivity index (χ4v) is 2.39. The van der Waals surface area contributed by atoms with E-state index in [0.717, 1.165) is 11.3 Å². The number of nitrogens with one attached hydrogen (secondary N) is 1. The average molecular weight is 339 g/mol. The number of furan rings is 1. The van der Waals surface area contributed by atoms with E-state index in [9.17, 15) is 9.18 Å². The lowest BCUT2D eigenvalue weighted by Gasteiger charge is -2.07. The number of benzene rings is 2. The first-order valence-electron chi connectivity index (χ1n) is 7.96. The van der Waals surface area contributed by atoms with Crippen molar-refractivity contribution in [1.82, 2.24) is 5.32 Å². The molecule has 3 aromatic rings. The standard InChI is InChI=1S/C20H18FNO3/c1-14-5-4-6-15(13-14)24-12-11-22-20(23)19-10-9-18(25-19)16-7-2-3-8-17(16)21/h2-10,13H,11-12H2,1H3,(H,22,23). The van der Waals surface area contributed by atoms with Crippen LogP contribution in [0, 0.1) is 12.7 Å². The van der Waals surface area contributed by atoms with Gasteiger partial charge < -0.3 is 14.5 Å². The van der Waals surface area contributed by atoms with E-state index in [4.69, 9.17) is 9.15 Å². The van der Waals surface area contributed by atoms with Crippen LogP contribution in [0.15, 0.2) is 65.1 Å². The zero-order valence-electron chi connectivity index (χ0n) is 13.8. The quantitative estimate of drug-likeness (QED) is 0.685. The number of hydrogen-bond acceptors (Lipinski definition) is 3. The summed E-state index contributed by atoms with van der Waals surface area (Å²) < 4.78 is 24.8. The van der Waals surface area contributed by atoms with Crippen molar-refractivity contribution in [2.24, 2.45) is 0 Å². The third kappa shape index (κ3) is 4.26. The number of carbonyl (C=O) groups excluding carboxylic acids is 1. The second-order valence-corrected chi connectivity index (χ2v) is 5.56. The molecule has 0 spiro atoms. The fourth-order valence-electron chi connectivity index (χ4n) is 2.39. The van der Waals surface area contributed by atoms with Gasteiger partial charge in [-0.1, -0.05) is 24.3 Å². The number of ether oxygens (including phenoxy) is 1. The van der Waals surface area contributed by atoms with Gasteiger partial charge in [0.15, 0.2) is 5.76 Å². The van der Waals surface area contributed by atoms with Crippen molar-refractivity contribution in [2.75, 3.05) is 13.2 Å². The van der Waals surface area contributed by atoms with Crippen LogP contribution in [-0.4, -0.2) is 19.1 Å². The predicted molar refractivity (Wildman–Crippen MR) is 93.1 cm³/mol. The van der Waals surface area contributed by atoms with Gasteiger partial charge in [0, 0.05) is 0 Å². The minimum atomic E-state index is -0.393. The summed E-state index contributed by atoms with van der Waals surface area (Å²) in [6, 6.07) is 17.1. The van der Waals surface area contributed by atoms with Gasteiger partial charge in [0.2, 0.25) is 0 Å². The first-order chi connectivity index (χ1) is 12.1. The summed E-state index contributed by atoms with van der Waals surface area (Å²) in [5.74, 6) is 0.452. The van der Waals surface area contributed by atoms with E-state index >= 15 is 0 Å². The highest BCUT2D eigenvalue weighted by atomic mass is 19.1. The highest BCUT2D eigenvalue weighted by molar-refractivity contribution is 5.92. The lowest BCUT2D eigenvalue weighted by atomic mass is 10.1. The van der Waals surface area contributed by atoms with Crippen molar-refractivity contribution < 1.29 is 18.3 Å². The molecule has 2 aromatic carbocycles. The van der Waals surface area contributed by atoms with E-state index < -0.39 is 5.82 Å². The Labute approximate surface area is 145 Å². The van der Waals surface area contributed by atoms with Crippen LogP contribution in [0.2, 0.25) is 0 Å². The van der Waals surface area contributed by atoms with Gasteiger partial charge in [0.05, 0.1) is 12.1 Å². The van der Waals surface area contributed by atoms with Crippen molar-refractivity contribution in [1.29, 1.82) is 0 Å². The van der Waals surface area contributed by atoms with Crippen molar-refractivity contribution in [3.63, 3.8) is 0 Å². The van der Waals surface area contributed by atoms with Crippen molar-refractivity contribution in [3.8, 4) is 17.1 Å². The molecular weight excluding hydrogens is 321 g/mol. The lowest BCUT2D eigenvalue weighted by molar-refractivity contribution is 0.0920. The SMILES string of the molecule is Cc1cccc(OCCNC(=O)c2ccc(-c3ccccc3F)o2)c1. The van der Waals surface area contributed by atoms with Crippen LogP contribution in [0.25, 0.3) is 11.3 Å². The zero-order valence-corrected chi connectivity index (χ0v) is 13.8. The second-order valence-electron chi connectivity index (χ2n) is 5.56. The number of aryl methyl sites for hydroxylation is 1. The molecule has 0 radical (unpaired) electrons. The van der Waals surface area contributed by atoms with E-state index in [1.165, 1.54) is 12.1 Å². The molecule has 3 rings (SSSR count). The van der Waals surface area contributed by atoms with Gasteiger partial charge >= 0.3 is 0 Å². The first-order valence-corrected chi connectivity index (χ1v) is 7.96. The molecule has 0 atom stereocenters. The van der Waals surface area contributed by atoms with Crippen LogP contribution in [0.5, 0.6) is 5.75 Å². The van der Waals surface area contributed by atoms with Gasteiger partial charge in [-0.3, -0.25) is 4.79 Å². The van der Waals surface area contributed by atoms with Crippen LogP contribution in [0.3, 0.4) is 0 Å². The molecule has 0 saturated heterocycles. The molecule has 0 bridgehead atoms. The molecule has 128 valence electrons. The van der Waals surface area contributed by atoms with E-state index in [2.05, 4.69) is 5.32 Å². The zero-order chi connectivity index (χ0) is 17.6. The summed E-state index contributed by atoms with van der Waals surface area (Å²) in [5.41, 5.74) is 1.43. The highest BCUT2D eigenvalue weighted by Crippen LogP contribution is 2.24. The molecule has 5 heteroatoms. The molecule has 25 heavy (non-hydrogen) atoms. The number of amides is 1. The third-order valence-corrected chi connectivity index (χ3v) is 3.61. The number of carbonyl (C=O) groups is 1.